The van der Waals surface area contributed by atoms with Crippen molar-refractivity contribution in [2.75, 3.05) is 13.1 Å². The Bertz CT molecular complexity index is 621. The topological polar surface area (TPSA) is 100 Å². The van der Waals surface area contributed by atoms with Crippen LogP contribution in [-0.2, 0) is 10.0 Å². The molecule has 1 aliphatic rings. The Morgan fingerprint density at radius 1 is 1.52 bits per heavy atom. The van der Waals surface area contributed by atoms with E-state index in [4.69, 9.17) is 11.0 Å². The van der Waals surface area contributed by atoms with Crippen molar-refractivity contribution in [1.29, 1.82) is 5.26 Å². The molecule has 1 aromatic rings. The summed E-state index contributed by atoms with van der Waals surface area (Å²) in [6.07, 6.45) is 3.95. The van der Waals surface area contributed by atoms with Crippen LogP contribution in [0, 0.1) is 17.2 Å². The first kappa shape index (κ1) is 15.9. The summed E-state index contributed by atoms with van der Waals surface area (Å²) in [4.78, 5) is 3.96. The molecule has 0 spiro atoms. The smallest absolute Gasteiger partial charge is 0.244 e. The fourth-order valence-electron chi connectivity index (χ4n) is 2.75. The van der Waals surface area contributed by atoms with Crippen LogP contribution in [-0.4, -0.2) is 36.8 Å². The molecular weight excluding hydrogens is 288 g/mol. The molecule has 1 saturated heterocycles. The maximum atomic E-state index is 12.7. The minimum atomic E-state index is -3.60. The summed E-state index contributed by atoms with van der Waals surface area (Å²) in [5.74, 6) is 0.532. The van der Waals surface area contributed by atoms with E-state index in [9.17, 15) is 8.42 Å². The van der Waals surface area contributed by atoms with Gasteiger partial charge in [-0.25, -0.2) is 13.4 Å². The van der Waals surface area contributed by atoms with Crippen molar-refractivity contribution in [3.63, 3.8) is 0 Å². The number of piperidine rings is 1. The number of rotatable bonds is 4. The summed E-state index contributed by atoms with van der Waals surface area (Å²) >= 11 is 0. The van der Waals surface area contributed by atoms with Gasteiger partial charge in [-0.1, -0.05) is 13.3 Å². The molecule has 1 aromatic heterocycles. The first-order chi connectivity index (χ1) is 10.0. The number of hydrogen-bond acceptors (Lipinski definition) is 5. The number of pyridine rings is 1. The number of sulfonamides is 1. The van der Waals surface area contributed by atoms with Crippen LogP contribution in [0.2, 0.25) is 0 Å². The average molecular weight is 308 g/mol. The maximum absolute atomic E-state index is 12.7. The highest BCUT2D eigenvalue weighted by Crippen LogP contribution is 2.29. The third-order valence-corrected chi connectivity index (χ3v) is 6.01. The molecule has 1 aliphatic heterocycles. The summed E-state index contributed by atoms with van der Waals surface area (Å²) < 4.78 is 26.9. The van der Waals surface area contributed by atoms with Crippen LogP contribution in [0.4, 0.5) is 0 Å². The molecule has 7 heteroatoms. The Hall–Kier alpha value is -1.49. The van der Waals surface area contributed by atoms with Gasteiger partial charge in [-0.05, 0) is 30.9 Å². The first-order valence-corrected chi connectivity index (χ1v) is 8.55. The van der Waals surface area contributed by atoms with Crippen LogP contribution < -0.4 is 5.73 Å². The van der Waals surface area contributed by atoms with E-state index in [0.717, 1.165) is 19.3 Å². The molecule has 0 radical (unpaired) electrons. The molecular formula is C14H20N4O2S. The van der Waals surface area contributed by atoms with Crippen LogP contribution in [0.1, 0.15) is 31.9 Å². The molecule has 2 heterocycles. The Morgan fingerprint density at radius 3 is 2.81 bits per heavy atom. The molecule has 0 amide bonds. The van der Waals surface area contributed by atoms with E-state index in [0.29, 0.717) is 19.0 Å². The number of aromatic nitrogens is 1. The molecule has 2 N–H and O–H groups in total. The number of nitrogens with zero attached hydrogens (tertiary/aromatic N) is 3. The monoisotopic (exact) mass is 308 g/mol. The van der Waals surface area contributed by atoms with Crippen molar-refractivity contribution in [2.24, 2.45) is 11.7 Å². The van der Waals surface area contributed by atoms with Gasteiger partial charge in [0, 0.05) is 25.3 Å². The quantitative estimate of drug-likeness (QED) is 0.897. The van der Waals surface area contributed by atoms with Crippen molar-refractivity contribution in [2.45, 2.75) is 37.1 Å². The standard InChI is InChI=1S/C14H20N4O2S/c1-2-11-5-6-18(13(7-11)9-16)21(19,20)14-4-3-12(8-15)17-10-14/h3-4,10-11,13H,2,5-7,9,16H2,1H3. The number of nitrogens with two attached hydrogens (primary N) is 1. The first-order valence-electron chi connectivity index (χ1n) is 7.11. The molecule has 6 nitrogen and oxygen atoms in total. The molecule has 0 bridgehead atoms. The molecule has 2 atom stereocenters. The molecule has 21 heavy (non-hydrogen) atoms. The van der Waals surface area contributed by atoms with Crippen LogP contribution in [0.5, 0.6) is 0 Å². The van der Waals surface area contributed by atoms with Gasteiger partial charge in [0.25, 0.3) is 0 Å². The van der Waals surface area contributed by atoms with E-state index in [-0.39, 0.29) is 16.6 Å². The van der Waals surface area contributed by atoms with E-state index >= 15 is 0 Å². The normalized spacial score (nSPS) is 23.7. The van der Waals surface area contributed by atoms with Crippen LogP contribution in [0.25, 0.3) is 0 Å². The Morgan fingerprint density at radius 2 is 2.29 bits per heavy atom. The van der Waals surface area contributed by atoms with Crippen molar-refractivity contribution in [1.82, 2.24) is 9.29 Å². The van der Waals surface area contributed by atoms with Gasteiger partial charge in [0.2, 0.25) is 10.0 Å². The van der Waals surface area contributed by atoms with E-state index in [1.807, 2.05) is 6.07 Å². The molecule has 0 saturated carbocycles. The summed E-state index contributed by atoms with van der Waals surface area (Å²) in [5.41, 5.74) is 5.97. The fourth-order valence-corrected chi connectivity index (χ4v) is 4.36. The lowest BCUT2D eigenvalue weighted by Gasteiger charge is -2.37. The van der Waals surface area contributed by atoms with Crippen molar-refractivity contribution in [3.8, 4) is 6.07 Å². The van der Waals surface area contributed by atoms with Gasteiger partial charge in [0.05, 0.1) is 0 Å². The van der Waals surface area contributed by atoms with E-state index in [1.54, 1.807) is 0 Å². The van der Waals surface area contributed by atoms with Gasteiger partial charge in [0.15, 0.2) is 0 Å². The highest BCUT2D eigenvalue weighted by molar-refractivity contribution is 7.89. The van der Waals surface area contributed by atoms with Crippen molar-refractivity contribution in [3.05, 3.63) is 24.0 Å². The van der Waals surface area contributed by atoms with Crippen molar-refractivity contribution < 1.29 is 8.42 Å². The van der Waals surface area contributed by atoms with Gasteiger partial charge in [-0.15, -0.1) is 0 Å². The molecule has 114 valence electrons. The number of nitriles is 1. The van der Waals surface area contributed by atoms with Gasteiger partial charge >= 0.3 is 0 Å². The van der Waals surface area contributed by atoms with E-state index in [2.05, 4.69) is 11.9 Å². The highest BCUT2D eigenvalue weighted by Gasteiger charge is 2.35. The minimum absolute atomic E-state index is 0.120. The lowest BCUT2D eigenvalue weighted by molar-refractivity contribution is 0.197. The zero-order valence-electron chi connectivity index (χ0n) is 12.1. The predicted octanol–water partition coefficient (Wildman–Crippen LogP) is 1.09. The fraction of sp³-hybridized carbons (Fsp3) is 0.571. The van der Waals surface area contributed by atoms with E-state index < -0.39 is 10.0 Å². The zero-order valence-corrected chi connectivity index (χ0v) is 12.9. The summed E-state index contributed by atoms with van der Waals surface area (Å²) in [6, 6.07) is 4.57. The van der Waals surface area contributed by atoms with Gasteiger partial charge in [-0.2, -0.15) is 9.57 Å². The van der Waals surface area contributed by atoms with Gasteiger partial charge < -0.3 is 5.73 Å². The second kappa shape index (κ2) is 6.52. The van der Waals surface area contributed by atoms with Crippen LogP contribution >= 0.6 is 0 Å². The third kappa shape index (κ3) is 3.23. The van der Waals surface area contributed by atoms with Crippen LogP contribution in [0.15, 0.2) is 23.2 Å². The Labute approximate surface area is 125 Å². The SMILES string of the molecule is CCC1CCN(S(=O)(=O)c2ccc(C#N)nc2)C(CN)C1. The van der Waals surface area contributed by atoms with Gasteiger partial charge in [-0.3, -0.25) is 0 Å². The lowest BCUT2D eigenvalue weighted by Crippen LogP contribution is -2.49. The Kier molecular flexibility index (Phi) is 4.93. The third-order valence-electron chi connectivity index (χ3n) is 4.08. The highest BCUT2D eigenvalue weighted by atomic mass is 32.2. The summed E-state index contributed by atoms with van der Waals surface area (Å²) in [5, 5.41) is 8.73. The predicted molar refractivity (Wildman–Crippen MR) is 78.7 cm³/mol. The second-order valence-electron chi connectivity index (χ2n) is 5.29. The maximum Gasteiger partial charge on any atom is 0.244 e. The molecule has 2 rings (SSSR count). The average Bonchev–Trinajstić information content (AvgIpc) is 2.54. The summed E-state index contributed by atoms with van der Waals surface area (Å²) in [7, 11) is -3.60. The lowest BCUT2D eigenvalue weighted by atomic mass is 9.90. The van der Waals surface area contributed by atoms with Crippen molar-refractivity contribution >= 4 is 10.0 Å². The van der Waals surface area contributed by atoms with E-state index in [1.165, 1.54) is 22.6 Å². The van der Waals surface area contributed by atoms with Gasteiger partial charge in [0.1, 0.15) is 16.7 Å². The molecule has 2 unspecified atom stereocenters. The second-order valence-corrected chi connectivity index (χ2v) is 7.19. The molecule has 0 aromatic carbocycles. The minimum Gasteiger partial charge on any atom is -0.329 e. The zero-order chi connectivity index (χ0) is 15.5. The number of hydrogen-bond donors (Lipinski definition) is 1. The van der Waals surface area contributed by atoms with Crippen LogP contribution in [0.3, 0.4) is 0 Å². The molecule has 1 fully saturated rings. The molecule has 0 aliphatic carbocycles. The summed E-state index contributed by atoms with van der Waals surface area (Å²) in [6.45, 7) is 2.93. The Balaban J connectivity index is 2.27. The largest absolute Gasteiger partial charge is 0.329 e.